The van der Waals surface area contributed by atoms with E-state index in [-0.39, 0.29) is 24.0 Å². The Kier molecular flexibility index (Phi) is 6.74. The smallest absolute Gasteiger partial charge is 0.261 e. The zero-order valence-electron chi connectivity index (χ0n) is 17.8. The van der Waals surface area contributed by atoms with Crippen LogP contribution in [0.4, 0.5) is 0 Å². The van der Waals surface area contributed by atoms with Crippen molar-refractivity contribution in [3.05, 3.63) is 76.3 Å². The van der Waals surface area contributed by atoms with Crippen LogP contribution in [-0.2, 0) is 29.2 Å². The van der Waals surface area contributed by atoms with Gasteiger partial charge in [-0.2, -0.15) is 0 Å². The van der Waals surface area contributed by atoms with Crippen LogP contribution in [0.2, 0.25) is 0 Å². The second-order valence-electron chi connectivity index (χ2n) is 8.02. The van der Waals surface area contributed by atoms with Crippen LogP contribution in [0, 0.1) is 0 Å². The molecule has 0 spiro atoms. The Balaban J connectivity index is 1.29. The predicted molar refractivity (Wildman–Crippen MR) is 120 cm³/mol. The van der Waals surface area contributed by atoms with Crippen LogP contribution in [0.3, 0.4) is 0 Å². The fourth-order valence-corrected chi connectivity index (χ4v) is 3.91. The molecule has 0 radical (unpaired) electrons. The highest BCUT2D eigenvalue weighted by Gasteiger charge is 2.16. The fourth-order valence-electron chi connectivity index (χ4n) is 3.91. The van der Waals surface area contributed by atoms with Gasteiger partial charge in [-0.3, -0.25) is 19.1 Å². The molecule has 1 atom stereocenters. The zero-order chi connectivity index (χ0) is 21.6. The first-order chi connectivity index (χ1) is 15.1. The summed E-state index contributed by atoms with van der Waals surface area (Å²) in [6, 6.07) is 15.5. The second-order valence-corrected chi connectivity index (χ2v) is 8.02. The van der Waals surface area contributed by atoms with E-state index in [9.17, 15) is 9.59 Å². The van der Waals surface area contributed by atoms with Crippen LogP contribution >= 0.6 is 0 Å². The third-order valence-electron chi connectivity index (χ3n) is 5.52. The van der Waals surface area contributed by atoms with Gasteiger partial charge >= 0.3 is 0 Å². The number of hydrogen-bond acceptors (Lipinski definition) is 5. The lowest BCUT2D eigenvalue weighted by atomic mass is 10.1. The maximum atomic E-state index is 12.5. The van der Waals surface area contributed by atoms with Crippen molar-refractivity contribution in [1.82, 2.24) is 19.8 Å². The quantitative estimate of drug-likeness (QED) is 0.635. The van der Waals surface area contributed by atoms with Gasteiger partial charge in [0, 0.05) is 39.1 Å². The van der Waals surface area contributed by atoms with E-state index >= 15 is 0 Å². The van der Waals surface area contributed by atoms with Gasteiger partial charge in [0.1, 0.15) is 0 Å². The fraction of sp³-hybridized carbons (Fsp3) is 0.375. The van der Waals surface area contributed by atoms with Crippen LogP contribution in [0.25, 0.3) is 10.9 Å². The van der Waals surface area contributed by atoms with Crippen molar-refractivity contribution in [2.75, 3.05) is 19.7 Å². The molecule has 1 unspecified atom stereocenters. The molecule has 31 heavy (non-hydrogen) atoms. The van der Waals surface area contributed by atoms with E-state index in [1.165, 1.54) is 16.5 Å². The molecular formula is C24H28N4O3. The average molecular weight is 421 g/mol. The maximum Gasteiger partial charge on any atom is 0.261 e. The van der Waals surface area contributed by atoms with Gasteiger partial charge in [-0.25, -0.2) is 4.98 Å². The van der Waals surface area contributed by atoms with Crippen LogP contribution in [0.15, 0.2) is 59.7 Å². The first kappa shape index (κ1) is 21.2. The third-order valence-corrected chi connectivity index (χ3v) is 5.52. The number of rotatable bonds is 7. The summed E-state index contributed by atoms with van der Waals surface area (Å²) >= 11 is 0. The number of ether oxygens (including phenoxy) is 1. The van der Waals surface area contributed by atoms with Crippen molar-refractivity contribution in [3.63, 3.8) is 0 Å². The van der Waals surface area contributed by atoms with Crippen LogP contribution < -0.4 is 10.9 Å². The van der Waals surface area contributed by atoms with Crippen molar-refractivity contribution >= 4 is 16.8 Å². The molecular weight excluding hydrogens is 392 g/mol. The molecule has 1 aliphatic heterocycles. The predicted octanol–water partition coefficient (Wildman–Crippen LogP) is 2.32. The third kappa shape index (κ3) is 5.57. The minimum Gasteiger partial charge on any atom is -0.376 e. The topological polar surface area (TPSA) is 76.5 Å². The van der Waals surface area contributed by atoms with E-state index in [1.807, 2.05) is 30.3 Å². The summed E-state index contributed by atoms with van der Waals surface area (Å²) in [6.45, 7) is 6.40. The Bertz CT molecular complexity index is 1110. The van der Waals surface area contributed by atoms with Gasteiger partial charge in [-0.05, 0) is 30.2 Å². The molecule has 0 bridgehead atoms. The van der Waals surface area contributed by atoms with Crippen LogP contribution in [-0.4, -0.2) is 46.2 Å². The summed E-state index contributed by atoms with van der Waals surface area (Å²) < 4.78 is 7.10. The lowest BCUT2D eigenvalue weighted by Gasteiger charge is -2.31. The van der Waals surface area contributed by atoms with Crippen molar-refractivity contribution in [2.45, 2.75) is 39.1 Å². The lowest BCUT2D eigenvalue weighted by Crippen LogP contribution is -2.40. The van der Waals surface area contributed by atoms with Crippen molar-refractivity contribution in [2.24, 2.45) is 0 Å². The van der Waals surface area contributed by atoms with Gasteiger partial charge in [0.05, 0.1) is 29.9 Å². The molecule has 0 saturated carbocycles. The molecule has 1 fully saturated rings. The van der Waals surface area contributed by atoms with Gasteiger partial charge in [-0.1, -0.05) is 36.4 Å². The molecule has 1 aliphatic rings. The van der Waals surface area contributed by atoms with Crippen LogP contribution in [0.1, 0.15) is 24.5 Å². The average Bonchev–Trinajstić information content (AvgIpc) is 2.78. The Morgan fingerprint density at radius 1 is 1.19 bits per heavy atom. The molecule has 1 amide bonds. The molecule has 7 heteroatoms. The standard InChI is InChI=1S/C24H28N4O3/c1-18-15-27(11-12-31-18)16-20-6-4-5-19(13-20)14-25-23(29)9-10-28-17-26-22-8-3-2-7-21(22)24(28)30/h2-8,13,17-18H,9-12,14-16H2,1H3,(H,25,29). The monoisotopic (exact) mass is 420 g/mol. The van der Waals surface area contributed by atoms with Gasteiger partial charge in [0.2, 0.25) is 5.91 Å². The van der Waals surface area contributed by atoms with Crippen molar-refractivity contribution < 1.29 is 9.53 Å². The first-order valence-electron chi connectivity index (χ1n) is 10.7. The number of aromatic nitrogens is 2. The van der Waals surface area contributed by atoms with Gasteiger partial charge in [0.15, 0.2) is 0 Å². The number of aryl methyl sites for hydroxylation is 1. The largest absolute Gasteiger partial charge is 0.376 e. The minimum atomic E-state index is -0.122. The number of amides is 1. The summed E-state index contributed by atoms with van der Waals surface area (Å²) in [7, 11) is 0. The number of fused-ring (bicyclic) bond motifs is 1. The molecule has 162 valence electrons. The number of carbonyl (C=O) groups is 1. The Labute approximate surface area is 181 Å². The highest BCUT2D eigenvalue weighted by atomic mass is 16.5. The number of nitrogens with one attached hydrogen (secondary N) is 1. The minimum absolute atomic E-state index is 0.0903. The number of benzene rings is 2. The molecule has 2 heterocycles. The van der Waals surface area contributed by atoms with Gasteiger partial charge < -0.3 is 10.1 Å². The zero-order valence-corrected chi connectivity index (χ0v) is 17.8. The number of hydrogen-bond donors (Lipinski definition) is 1. The van der Waals surface area contributed by atoms with E-state index in [1.54, 1.807) is 6.07 Å². The summed E-state index contributed by atoms with van der Waals surface area (Å²) in [6.07, 6.45) is 2.00. The highest BCUT2D eigenvalue weighted by molar-refractivity contribution is 5.77. The Morgan fingerprint density at radius 2 is 2.03 bits per heavy atom. The molecule has 1 aromatic heterocycles. The second kappa shape index (κ2) is 9.85. The van der Waals surface area contributed by atoms with Crippen molar-refractivity contribution in [1.29, 1.82) is 0 Å². The van der Waals surface area contributed by atoms with Gasteiger partial charge in [0.25, 0.3) is 5.56 Å². The SMILES string of the molecule is CC1CN(Cc2cccc(CNC(=O)CCn3cnc4ccccc4c3=O)c2)CCO1. The summed E-state index contributed by atoms with van der Waals surface area (Å²) in [5.74, 6) is -0.0903. The number of carbonyl (C=O) groups excluding carboxylic acids is 1. The molecule has 7 nitrogen and oxygen atoms in total. The highest BCUT2D eigenvalue weighted by Crippen LogP contribution is 2.12. The summed E-state index contributed by atoms with van der Waals surface area (Å²) in [5.41, 5.74) is 2.84. The van der Waals surface area contributed by atoms with Gasteiger partial charge in [-0.15, -0.1) is 0 Å². The summed E-state index contributed by atoms with van der Waals surface area (Å²) in [4.78, 5) is 31.5. The lowest BCUT2D eigenvalue weighted by molar-refractivity contribution is -0.121. The van der Waals surface area contributed by atoms with E-state index in [4.69, 9.17) is 4.74 Å². The first-order valence-corrected chi connectivity index (χ1v) is 10.7. The Morgan fingerprint density at radius 3 is 2.90 bits per heavy atom. The molecule has 1 N–H and O–H groups in total. The van der Waals surface area contributed by atoms with E-state index in [0.717, 1.165) is 31.8 Å². The molecule has 4 rings (SSSR count). The normalized spacial score (nSPS) is 17.0. The van der Waals surface area contributed by atoms with Crippen LogP contribution in [0.5, 0.6) is 0 Å². The molecule has 0 aliphatic carbocycles. The molecule has 2 aromatic carbocycles. The summed E-state index contributed by atoms with van der Waals surface area (Å²) in [5, 5.41) is 3.52. The van der Waals surface area contributed by atoms with E-state index in [2.05, 4.69) is 34.3 Å². The molecule has 1 saturated heterocycles. The van der Waals surface area contributed by atoms with E-state index < -0.39 is 0 Å². The van der Waals surface area contributed by atoms with E-state index in [0.29, 0.717) is 24.0 Å². The number of nitrogens with zero attached hydrogens (tertiary/aromatic N) is 3. The van der Waals surface area contributed by atoms with Crippen molar-refractivity contribution in [3.8, 4) is 0 Å². The Hall–Kier alpha value is -3.03. The number of para-hydroxylation sites is 1. The maximum absolute atomic E-state index is 12.5. The molecule has 3 aromatic rings. The number of morpholine rings is 1.